The van der Waals surface area contributed by atoms with E-state index in [0.717, 1.165) is 0 Å². The molecule has 1 aromatic rings. The number of anilines is 1. The minimum absolute atomic E-state index is 0.110. The molecule has 0 aromatic heterocycles. The van der Waals surface area contributed by atoms with Crippen molar-refractivity contribution in [3.8, 4) is 11.8 Å². The standard InChI is InChI=1S/C11H12N2O2/c1-3-8-10(13)7(5-12)4-9(6(2)14)11(8)15/h4,15H,3,13H2,1-2H3. The Morgan fingerprint density at radius 1 is 1.67 bits per heavy atom. The molecule has 1 aromatic carbocycles. The summed E-state index contributed by atoms with van der Waals surface area (Å²) in [6.07, 6.45) is 0.480. The number of nitrogens with zero attached hydrogens (tertiary/aromatic N) is 1. The average molecular weight is 204 g/mol. The fourth-order valence-corrected chi connectivity index (χ4v) is 1.46. The smallest absolute Gasteiger partial charge is 0.163 e. The van der Waals surface area contributed by atoms with Crippen molar-refractivity contribution < 1.29 is 9.90 Å². The molecule has 1 rings (SSSR count). The lowest BCUT2D eigenvalue weighted by Gasteiger charge is -2.10. The second kappa shape index (κ2) is 4.01. The van der Waals surface area contributed by atoms with Crippen LogP contribution in [0.2, 0.25) is 0 Å². The van der Waals surface area contributed by atoms with Crippen LogP contribution in [0.1, 0.15) is 35.3 Å². The number of hydrogen-bond acceptors (Lipinski definition) is 4. The van der Waals surface area contributed by atoms with Gasteiger partial charge in [-0.25, -0.2) is 0 Å². The number of phenols is 1. The quantitative estimate of drug-likeness (QED) is 0.566. The van der Waals surface area contributed by atoms with Gasteiger partial charge in [0, 0.05) is 5.56 Å². The highest BCUT2D eigenvalue weighted by molar-refractivity contribution is 5.98. The fourth-order valence-electron chi connectivity index (χ4n) is 1.46. The lowest BCUT2D eigenvalue weighted by Crippen LogP contribution is -2.03. The van der Waals surface area contributed by atoms with Crippen molar-refractivity contribution in [1.82, 2.24) is 0 Å². The second-order valence-electron chi connectivity index (χ2n) is 3.23. The molecule has 0 amide bonds. The van der Waals surface area contributed by atoms with Gasteiger partial charge in [0.05, 0.1) is 16.8 Å². The molecule has 4 heteroatoms. The van der Waals surface area contributed by atoms with Crippen LogP contribution in [-0.2, 0) is 6.42 Å². The maximum atomic E-state index is 11.2. The third-order valence-corrected chi connectivity index (χ3v) is 2.30. The number of ketones is 1. The summed E-state index contributed by atoms with van der Waals surface area (Å²) in [6.45, 7) is 3.14. The molecule has 0 spiro atoms. The summed E-state index contributed by atoms with van der Waals surface area (Å²) in [5.74, 6) is -0.389. The van der Waals surface area contributed by atoms with Gasteiger partial charge in [0.2, 0.25) is 0 Å². The van der Waals surface area contributed by atoms with E-state index in [-0.39, 0.29) is 28.3 Å². The molecular weight excluding hydrogens is 192 g/mol. The largest absolute Gasteiger partial charge is 0.507 e. The number of benzene rings is 1. The zero-order chi connectivity index (χ0) is 11.6. The van der Waals surface area contributed by atoms with Gasteiger partial charge in [-0.3, -0.25) is 4.79 Å². The first-order chi connectivity index (χ1) is 7.02. The predicted molar refractivity (Wildman–Crippen MR) is 56.6 cm³/mol. The molecule has 0 unspecified atom stereocenters. The molecular formula is C11H12N2O2. The number of carbonyl (C=O) groups is 1. The number of nitrogens with two attached hydrogens (primary N) is 1. The summed E-state index contributed by atoms with van der Waals surface area (Å²) in [4.78, 5) is 11.2. The molecule has 0 fully saturated rings. The van der Waals surface area contributed by atoms with Crippen LogP contribution < -0.4 is 5.73 Å². The van der Waals surface area contributed by atoms with E-state index >= 15 is 0 Å². The van der Waals surface area contributed by atoms with Crippen molar-refractivity contribution in [2.75, 3.05) is 5.73 Å². The van der Waals surface area contributed by atoms with Crippen LogP contribution in [-0.4, -0.2) is 10.9 Å². The third kappa shape index (κ3) is 1.77. The number of Topliss-reactive ketones (excluding diaryl/α,β-unsaturated/α-hetero) is 1. The van der Waals surface area contributed by atoms with E-state index in [0.29, 0.717) is 12.0 Å². The fraction of sp³-hybridized carbons (Fsp3) is 0.273. The van der Waals surface area contributed by atoms with Crippen molar-refractivity contribution in [3.63, 3.8) is 0 Å². The van der Waals surface area contributed by atoms with Gasteiger partial charge in [-0.1, -0.05) is 6.92 Å². The van der Waals surface area contributed by atoms with Crippen molar-refractivity contribution in [2.24, 2.45) is 0 Å². The summed E-state index contributed by atoms with van der Waals surface area (Å²) in [7, 11) is 0. The first kappa shape index (κ1) is 11.1. The zero-order valence-corrected chi connectivity index (χ0v) is 8.66. The Morgan fingerprint density at radius 3 is 2.67 bits per heavy atom. The van der Waals surface area contributed by atoms with E-state index in [1.54, 1.807) is 6.92 Å². The van der Waals surface area contributed by atoms with E-state index in [2.05, 4.69) is 0 Å². The number of hydrogen-bond donors (Lipinski definition) is 2. The molecule has 0 aliphatic heterocycles. The monoisotopic (exact) mass is 204 g/mol. The van der Waals surface area contributed by atoms with Crippen LogP contribution >= 0.6 is 0 Å². The molecule has 0 heterocycles. The maximum Gasteiger partial charge on any atom is 0.163 e. The number of rotatable bonds is 2. The topological polar surface area (TPSA) is 87.1 Å². The Labute approximate surface area is 87.9 Å². The molecule has 0 aliphatic rings. The second-order valence-corrected chi connectivity index (χ2v) is 3.23. The van der Waals surface area contributed by atoms with Gasteiger partial charge in [0.15, 0.2) is 5.78 Å². The lowest BCUT2D eigenvalue weighted by molar-refractivity contribution is 0.101. The van der Waals surface area contributed by atoms with E-state index in [1.807, 2.05) is 6.07 Å². The maximum absolute atomic E-state index is 11.2. The van der Waals surface area contributed by atoms with Gasteiger partial charge in [-0.2, -0.15) is 5.26 Å². The van der Waals surface area contributed by atoms with Crippen molar-refractivity contribution in [2.45, 2.75) is 20.3 Å². The van der Waals surface area contributed by atoms with Gasteiger partial charge in [-0.05, 0) is 19.4 Å². The molecule has 78 valence electrons. The number of nitriles is 1. The molecule has 0 saturated carbocycles. The highest BCUT2D eigenvalue weighted by Crippen LogP contribution is 2.31. The van der Waals surface area contributed by atoms with Gasteiger partial charge < -0.3 is 10.8 Å². The van der Waals surface area contributed by atoms with Crippen LogP contribution in [0.3, 0.4) is 0 Å². The number of aromatic hydroxyl groups is 1. The Kier molecular flexibility index (Phi) is 2.96. The van der Waals surface area contributed by atoms with Crippen molar-refractivity contribution in [3.05, 3.63) is 22.8 Å². The van der Waals surface area contributed by atoms with E-state index in [1.165, 1.54) is 13.0 Å². The summed E-state index contributed by atoms with van der Waals surface area (Å²) in [6, 6.07) is 3.23. The summed E-state index contributed by atoms with van der Waals surface area (Å²) < 4.78 is 0. The minimum Gasteiger partial charge on any atom is -0.507 e. The molecule has 3 N–H and O–H groups in total. The van der Waals surface area contributed by atoms with Gasteiger partial charge in [0.1, 0.15) is 11.8 Å². The summed E-state index contributed by atoms with van der Waals surface area (Å²) >= 11 is 0. The molecule has 0 radical (unpaired) electrons. The van der Waals surface area contributed by atoms with Crippen LogP contribution in [0.15, 0.2) is 6.07 Å². The van der Waals surface area contributed by atoms with E-state index in [9.17, 15) is 9.90 Å². The zero-order valence-electron chi connectivity index (χ0n) is 8.66. The van der Waals surface area contributed by atoms with Crippen LogP contribution in [0.4, 0.5) is 5.69 Å². The lowest BCUT2D eigenvalue weighted by atomic mass is 9.98. The Hall–Kier alpha value is -2.02. The van der Waals surface area contributed by atoms with Crippen molar-refractivity contribution in [1.29, 1.82) is 5.26 Å². The predicted octanol–water partition coefficient (Wildman–Crippen LogP) is 1.61. The van der Waals surface area contributed by atoms with Crippen molar-refractivity contribution >= 4 is 11.5 Å². The van der Waals surface area contributed by atoms with E-state index < -0.39 is 0 Å². The normalized spacial score (nSPS) is 9.67. The first-order valence-corrected chi connectivity index (χ1v) is 4.58. The van der Waals surface area contributed by atoms with Gasteiger partial charge in [-0.15, -0.1) is 0 Å². The van der Waals surface area contributed by atoms with Gasteiger partial charge in [0.25, 0.3) is 0 Å². The first-order valence-electron chi connectivity index (χ1n) is 4.58. The Morgan fingerprint density at radius 2 is 2.27 bits per heavy atom. The van der Waals surface area contributed by atoms with Crippen LogP contribution in [0.5, 0.6) is 5.75 Å². The van der Waals surface area contributed by atoms with E-state index in [4.69, 9.17) is 11.0 Å². The molecule has 0 bridgehead atoms. The van der Waals surface area contributed by atoms with Crippen LogP contribution in [0, 0.1) is 11.3 Å². The number of phenolic OH excluding ortho intramolecular Hbond substituents is 1. The van der Waals surface area contributed by atoms with Crippen LogP contribution in [0.25, 0.3) is 0 Å². The highest BCUT2D eigenvalue weighted by atomic mass is 16.3. The average Bonchev–Trinajstić information content (AvgIpc) is 2.18. The Bertz CT molecular complexity index is 459. The highest BCUT2D eigenvalue weighted by Gasteiger charge is 2.16. The summed E-state index contributed by atoms with van der Waals surface area (Å²) in [5.41, 5.74) is 6.77. The summed E-state index contributed by atoms with van der Waals surface area (Å²) in [5, 5.41) is 18.6. The molecule has 4 nitrogen and oxygen atoms in total. The molecule has 0 saturated heterocycles. The number of nitrogen functional groups attached to an aromatic ring is 1. The molecule has 0 atom stereocenters. The number of carbonyl (C=O) groups excluding carboxylic acids is 1. The molecule has 0 aliphatic carbocycles. The third-order valence-electron chi connectivity index (χ3n) is 2.30. The SMILES string of the molecule is CCc1c(N)c(C#N)cc(C(C)=O)c1O. The minimum atomic E-state index is -0.279. The molecule has 15 heavy (non-hydrogen) atoms. The Balaban J connectivity index is 3.60. The van der Waals surface area contributed by atoms with Gasteiger partial charge >= 0.3 is 0 Å².